The van der Waals surface area contributed by atoms with Gasteiger partial charge in [0.05, 0.1) is 11.5 Å². The number of anilines is 1. The van der Waals surface area contributed by atoms with Gasteiger partial charge in [-0.3, -0.25) is 0 Å². The maximum atomic E-state index is 11.9. The van der Waals surface area contributed by atoms with Crippen molar-refractivity contribution in [1.29, 1.82) is 0 Å². The highest BCUT2D eigenvalue weighted by Crippen LogP contribution is 2.13. The van der Waals surface area contributed by atoms with Crippen LogP contribution >= 0.6 is 0 Å². The molecule has 7 heteroatoms. The summed E-state index contributed by atoms with van der Waals surface area (Å²) < 4.78 is 31.3. The van der Waals surface area contributed by atoms with Crippen molar-refractivity contribution in [3.8, 4) is 0 Å². The Morgan fingerprint density at radius 1 is 1.05 bits per heavy atom. The lowest BCUT2D eigenvalue weighted by Crippen LogP contribution is -2.25. The van der Waals surface area contributed by atoms with Crippen LogP contribution < -0.4 is 15.4 Å². The van der Waals surface area contributed by atoms with E-state index in [2.05, 4.69) is 15.4 Å². The Labute approximate surface area is 127 Å². The van der Waals surface area contributed by atoms with Gasteiger partial charge in [-0.2, -0.15) is 0 Å². The van der Waals surface area contributed by atoms with Crippen LogP contribution in [0, 0.1) is 0 Å². The average Bonchev–Trinajstić information content (AvgIpc) is 2.49. The van der Waals surface area contributed by atoms with Crippen molar-refractivity contribution in [3.05, 3.63) is 24.3 Å². The highest BCUT2D eigenvalue weighted by Gasteiger charge is 2.12. The summed E-state index contributed by atoms with van der Waals surface area (Å²) in [6, 6.07) is 6.77. The quantitative estimate of drug-likeness (QED) is 0.531. The molecule has 3 N–H and O–H groups in total. The third kappa shape index (κ3) is 6.90. The van der Waals surface area contributed by atoms with Crippen molar-refractivity contribution in [3.63, 3.8) is 0 Å². The zero-order valence-corrected chi connectivity index (χ0v) is 13.5. The summed E-state index contributed by atoms with van der Waals surface area (Å²) in [4.78, 5) is 0.291. The Bertz CT molecular complexity index is 489. The molecule has 1 rings (SSSR count). The van der Waals surface area contributed by atoms with E-state index in [0.717, 1.165) is 31.7 Å². The maximum absolute atomic E-state index is 11.9. The van der Waals surface area contributed by atoms with Crippen LogP contribution in [0.15, 0.2) is 29.2 Å². The van der Waals surface area contributed by atoms with Gasteiger partial charge in [0, 0.05) is 39.0 Å². The molecule has 0 aliphatic carbocycles. The van der Waals surface area contributed by atoms with Gasteiger partial charge in [-0.25, -0.2) is 13.1 Å². The highest BCUT2D eigenvalue weighted by atomic mass is 32.2. The minimum Gasteiger partial charge on any atom is -0.384 e. The molecular formula is C14H25N3O3S. The van der Waals surface area contributed by atoms with E-state index in [-0.39, 0.29) is 0 Å². The third-order valence-electron chi connectivity index (χ3n) is 2.82. The summed E-state index contributed by atoms with van der Waals surface area (Å²) in [6.07, 6.45) is 0.773. The highest BCUT2D eigenvalue weighted by molar-refractivity contribution is 7.89. The Kier molecular flexibility index (Phi) is 8.29. The molecule has 21 heavy (non-hydrogen) atoms. The maximum Gasteiger partial charge on any atom is 0.240 e. The van der Waals surface area contributed by atoms with Crippen LogP contribution in [0.25, 0.3) is 0 Å². The van der Waals surface area contributed by atoms with Crippen molar-refractivity contribution in [1.82, 2.24) is 10.0 Å². The predicted molar refractivity (Wildman–Crippen MR) is 85.2 cm³/mol. The molecule has 0 radical (unpaired) electrons. The molecule has 0 unspecified atom stereocenters. The molecule has 0 aliphatic heterocycles. The molecule has 0 amide bonds. The molecular weight excluding hydrogens is 290 g/mol. The van der Waals surface area contributed by atoms with Gasteiger partial charge in [-0.05, 0) is 30.7 Å². The van der Waals surface area contributed by atoms with Crippen LogP contribution in [0.3, 0.4) is 0 Å². The molecule has 120 valence electrons. The summed E-state index contributed by atoms with van der Waals surface area (Å²) in [7, 11) is -1.71. The predicted octanol–water partition coefficient (Wildman–Crippen LogP) is 1.02. The Balaban J connectivity index is 2.40. The standard InChI is InChI=1S/C14H25N3O3S/c1-3-8-17-21(18,19)14-6-4-13(5-7-14)16-10-9-15-11-12-20-2/h4-7,15-17H,3,8-12H2,1-2H3. The summed E-state index contributed by atoms with van der Waals surface area (Å²) >= 11 is 0. The fourth-order valence-electron chi connectivity index (χ4n) is 1.67. The zero-order chi connectivity index (χ0) is 15.6. The Morgan fingerprint density at radius 2 is 1.76 bits per heavy atom. The first-order valence-electron chi connectivity index (χ1n) is 7.13. The molecule has 0 spiro atoms. The molecule has 0 atom stereocenters. The number of nitrogens with one attached hydrogen (secondary N) is 3. The van der Waals surface area contributed by atoms with E-state index >= 15 is 0 Å². The molecule has 0 fully saturated rings. The molecule has 1 aromatic rings. The van der Waals surface area contributed by atoms with Crippen LogP contribution in [-0.4, -0.2) is 48.3 Å². The fourth-order valence-corrected chi connectivity index (χ4v) is 2.80. The van der Waals surface area contributed by atoms with Gasteiger partial charge >= 0.3 is 0 Å². The first-order valence-corrected chi connectivity index (χ1v) is 8.61. The first-order chi connectivity index (χ1) is 10.1. The van der Waals surface area contributed by atoms with Gasteiger partial charge in [0.25, 0.3) is 0 Å². The molecule has 0 saturated heterocycles. The number of hydrogen-bond donors (Lipinski definition) is 3. The second-order valence-corrected chi connectivity index (χ2v) is 6.36. The van der Waals surface area contributed by atoms with Crippen LogP contribution in [0.5, 0.6) is 0 Å². The Morgan fingerprint density at radius 3 is 2.38 bits per heavy atom. The summed E-state index contributed by atoms with van der Waals surface area (Å²) in [6.45, 7) is 5.48. The van der Waals surface area contributed by atoms with Crippen molar-refractivity contribution < 1.29 is 13.2 Å². The smallest absolute Gasteiger partial charge is 0.240 e. The van der Waals surface area contributed by atoms with Crippen molar-refractivity contribution in [2.24, 2.45) is 0 Å². The summed E-state index contributed by atoms with van der Waals surface area (Å²) in [5.74, 6) is 0. The lowest BCUT2D eigenvalue weighted by Gasteiger charge is -2.09. The topological polar surface area (TPSA) is 79.5 Å². The third-order valence-corrected chi connectivity index (χ3v) is 4.30. The van der Waals surface area contributed by atoms with Crippen LogP contribution in [-0.2, 0) is 14.8 Å². The van der Waals surface area contributed by atoms with Crippen LogP contribution in [0.1, 0.15) is 13.3 Å². The summed E-state index contributed by atoms with van der Waals surface area (Å²) in [5, 5.41) is 6.45. The second-order valence-electron chi connectivity index (χ2n) is 4.59. The largest absolute Gasteiger partial charge is 0.384 e. The van der Waals surface area contributed by atoms with Crippen LogP contribution in [0.2, 0.25) is 0 Å². The van der Waals surface area contributed by atoms with Gasteiger partial charge < -0.3 is 15.4 Å². The van der Waals surface area contributed by atoms with E-state index in [9.17, 15) is 8.42 Å². The van der Waals surface area contributed by atoms with Crippen LogP contribution in [0.4, 0.5) is 5.69 Å². The van der Waals surface area contributed by atoms with E-state index in [1.807, 2.05) is 6.92 Å². The SMILES string of the molecule is CCCNS(=O)(=O)c1ccc(NCCNCCOC)cc1. The molecule has 0 saturated carbocycles. The summed E-state index contributed by atoms with van der Waals surface area (Å²) in [5.41, 5.74) is 0.901. The van der Waals surface area contributed by atoms with Gasteiger partial charge in [-0.1, -0.05) is 6.92 Å². The van der Waals surface area contributed by atoms with Gasteiger partial charge in [0.15, 0.2) is 0 Å². The van der Waals surface area contributed by atoms with Gasteiger partial charge in [-0.15, -0.1) is 0 Å². The van der Waals surface area contributed by atoms with E-state index < -0.39 is 10.0 Å². The van der Waals surface area contributed by atoms with E-state index in [1.165, 1.54) is 0 Å². The molecule has 0 heterocycles. The van der Waals surface area contributed by atoms with Crippen molar-refractivity contribution >= 4 is 15.7 Å². The normalized spacial score (nSPS) is 11.5. The van der Waals surface area contributed by atoms with E-state index in [0.29, 0.717) is 18.0 Å². The molecule has 0 aliphatic rings. The lowest BCUT2D eigenvalue weighted by molar-refractivity contribution is 0.200. The molecule has 0 aromatic heterocycles. The second kappa shape index (κ2) is 9.73. The molecule has 1 aromatic carbocycles. The monoisotopic (exact) mass is 315 g/mol. The fraction of sp³-hybridized carbons (Fsp3) is 0.571. The lowest BCUT2D eigenvalue weighted by atomic mass is 10.3. The number of ether oxygens (including phenoxy) is 1. The van der Waals surface area contributed by atoms with Gasteiger partial charge in [0.2, 0.25) is 10.0 Å². The van der Waals surface area contributed by atoms with E-state index in [1.54, 1.807) is 31.4 Å². The number of methoxy groups -OCH3 is 1. The van der Waals surface area contributed by atoms with Gasteiger partial charge in [0.1, 0.15) is 0 Å². The van der Waals surface area contributed by atoms with E-state index in [4.69, 9.17) is 4.74 Å². The minimum atomic E-state index is -3.38. The van der Waals surface area contributed by atoms with Crippen molar-refractivity contribution in [2.45, 2.75) is 18.2 Å². The number of rotatable bonds is 11. The average molecular weight is 315 g/mol. The number of hydrogen-bond acceptors (Lipinski definition) is 5. The number of sulfonamides is 1. The van der Waals surface area contributed by atoms with Crippen molar-refractivity contribution in [2.75, 3.05) is 45.2 Å². The first kappa shape index (κ1) is 17.9. The number of benzene rings is 1. The zero-order valence-electron chi connectivity index (χ0n) is 12.7. The minimum absolute atomic E-state index is 0.291. The Hall–Kier alpha value is -1.15. The molecule has 0 bridgehead atoms. The molecule has 6 nitrogen and oxygen atoms in total.